The highest BCUT2D eigenvalue weighted by molar-refractivity contribution is 5.14. The molecule has 2 rings (SSSR count). The van der Waals surface area contributed by atoms with Gasteiger partial charge in [-0.1, -0.05) is 30.3 Å². The summed E-state index contributed by atoms with van der Waals surface area (Å²) in [5.41, 5.74) is -1.15. The average Bonchev–Trinajstić information content (AvgIpc) is 2.52. The van der Waals surface area contributed by atoms with Crippen LogP contribution in [0.15, 0.2) is 44.7 Å². The van der Waals surface area contributed by atoms with E-state index in [0.717, 1.165) is 16.6 Å². The Labute approximate surface area is 147 Å². The maximum absolute atomic E-state index is 12.9. The maximum atomic E-state index is 12.9. The zero-order valence-electron chi connectivity index (χ0n) is 15.7. The summed E-state index contributed by atoms with van der Waals surface area (Å²) in [4.78, 5) is 38.1. The van der Waals surface area contributed by atoms with Crippen molar-refractivity contribution in [3.8, 4) is 0 Å². The van der Waals surface area contributed by atoms with Crippen LogP contribution in [0.1, 0.15) is 52.6 Å². The summed E-state index contributed by atoms with van der Waals surface area (Å²) < 4.78 is 3.53. The number of benzene rings is 1. The number of aromatic nitrogens is 3. The van der Waals surface area contributed by atoms with E-state index in [2.05, 4.69) is 0 Å². The van der Waals surface area contributed by atoms with Crippen LogP contribution in [0.4, 0.5) is 0 Å². The van der Waals surface area contributed by atoms with Crippen molar-refractivity contribution in [1.29, 1.82) is 0 Å². The van der Waals surface area contributed by atoms with E-state index in [1.807, 2.05) is 37.3 Å². The summed E-state index contributed by atoms with van der Waals surface area (Å²) >= 11 is 0. The third kappa shape index (κ3) is 3.83. The van der Waals surface area contributed by atoms with Gasteiger partial charge in [0.2, 0.25) is 0 Å². The van der Waals surface area contributed by atoms with Gasteiger partial charge in [0, 0.05) is 18.1 Å². The molecule has 0 saturated heterocycles. The summed E-state index contributed by atoms with van der Waals surface area (Å²) in [6.07, 6.45) is 1.40. The van der Waals surface area contributed by atoms with E-state index in [-0.39, 0.29) is 12.6 Å². The highest BCUT2D eigenvalue weighted by atomic mass is 16.2. The molecule has 1 aromatic carbocycles. The molecule has 136 valence electrons. The molecule has 6 nitrogen and oxygen atoms in total. The van der Waals surface area contributed by atoms with E-state index in [0.29, 0.717) is 6.42 Å². The van der Waals surface area contributed by atoms with Gasteiger partial charge in [0.15, 0.2) is 0 Å². The molecule has 0 aliphatic rings. The van der Waals surface area contributed by atoms with Gasteiger partial charge in [-0.3, -0.25) is 0 Å². The zero-order chi connectivity index (χ0) is 18.8. The Balaban J connectivity index is 2.51. The first-order valence-electron chi connectivity index (χ1n) is 8.71. The van der Waals surface area contributed by atoms with Gasteiger partial charge in [-0.2, -0.15) is 0 Å². The van der Waals surface area contributed by atoms with Gasteiger partial charge in [0.1, 0.15) is 0 Å². The molecule has 1 unspecified atom stereocenters. The smallest absolute Gasteiger partial charge is 0.247 e. The van der Waals surface area contributed by atoms with Crippen LogP contribution >= 0.6 is 0 Å². The second-order valence-corrected chi connectivity index (χ2v) is 7.34. The molecule has 2 aromatic rings. The van der Waals surface area contributed by atoms with Crippen molar-refractivity contribution in [2.75, 3.05) is 0 Å². The standard InChI is InChI=1S/C19H27N3O3/c1-6-20-16(23)21(18(25)22(17(20)24)19(3,4)5)14(2)12-13-15-10-8-7-9-11-15/h7-11,14H,6,12-13H2,1-5H3. The van der Waals surface area contributed by atoms with Crippen LogP contribution in [0.25, 0.3) is 0 Å². The molecule has 0 saturated carbocycles. The SMILES string of the molecule is CCn1c(=O)n(C(C)CCc2ccccc2)c(=O)n(C(C)(C)C)c1=O. The third-order valence-electron chi connectivity index (χ3n) is 4.38. The highest BCUT2D eigenvalue weighted by Crippen LogP contribution is 2.12. The maximum Gasteiger partial charge on any atom is 0.337 e. The minimum absolute atomic E-state index is 0.236. The van der Waals surface area contributed by atoms with Gasteiger partial charge in [-0.25, -0.2) is 28.1 Å². The number of aryl methyl sites for hydroxylation is 1. The Kier molecular flexibility index (Phi) is 5.50. The molecule has 0 bridgehead atoms. The summed E-state index contributed by atoms with van der Waals surface area (Å²) in [5.74, 6) is 0. The van der Waals surface area contributed by atoms with Crippen LogP contribution in [0.2, 0.25) is 0 Å². The molecule has 1 atom stereocenters. The quantitative estimate of drug-likeness (QED) is 0.834. The molecule has 6 heteroatoms. The molecule has 0 N–H and O–H groups in total. The lowest BCUT2D eigenvalue weighted by Crippen LogP contribution is -2.58. The summed E-state index contributed by atoms with van der Waals surface area (Å²) in [6.45, 7) is 9.19. The lowest BCUT2D eigenvalue weighted by Gasteiger charge is -2.25. The van der Waals surface area contributed by atoms with Crippen LogP contribution in [-0.2, 0) is 18.5 Å². The first-order chi connectivity index (χ1) is 11.7. The molecule has 0 fully saturated rings. The third-order valence-corrected chi connectivity index (χ3v) is 4.38. The average molecular weight is 345 g/mol. The predicted octanol–water partition coefficient (Wildman–Crippen LogP) is 2.14. The van der Waals surface area contributed by atoms with Crippen molar-refractivity contribution < 1.29 is 0 Å². The van der Waals surface area contributed by atoms with Crippen molar-refractivity contribution in [2.24, 2.45) is 0 Å². The number of hydrogen-bond acceptors (Lipinski definition) is 3. The van der Waals surface area contributed by atoms with Crippen LogP contribution in [0, 0.1) is 0 Å². The van der Waals surface area contributed by atoms with Crippen molar-refractivity contribution in [2.45, 2.75) is 65.6 Å². The van der Waals surface area contributed by atoms with E-state index >= 15 is 0 Å². The van der Waals surface area contributed by atoms with Crippen LogP contribution in [0.3, 0.4) is 0 Å². The Morgan fingerprint density at radius 3 is 2.08 bits per heavy atom. The van der Waals surface area contributed by atoms with Gasteiger partial charge < -0.3 is 0 Å². The number of hydrogen-bond donors (Lipinski definition) is 0. The molecule has 1 heterocycles. The summed E-state index contributed by atoms with van der Waals surface area (Å²) in [6, 6.07) is 9.64. The summed E-state index contributed by atoms with van der Waals surface area (Å²) in [7, 11) is 0. The van der Waals surface area contributed by atoms with E-state index < -0.39 is 22.6 Å². The minimum atomic E-state index is -0.695. The molecule has 0 aliphatic heterocycles. The van der Waals surface area contributed by atoms with Crippen molar-refractivity contribution in [3.63, 3.8) is 0 Å². The number of nitrogens with zero attached hydrogens (tertiary/aromatic N) is 3. The summed E-state index contributed by atoms with van der Waals surface area (Å²) in [5, 5.41) is 0. The second kappa shape index (κ2) is 7.25. The van der Waals surface area contributed by atoms with Gasteiger partial charge in [0.25, 0.3) is 0 Å². The fourth-order valence-electron chi connectivity index (χ4n) is 2.97. The van der Waals surface area contributed by atoms with Gasteiger partial charge >= 0.3 is 17.1 Å². The Morgan fingerprint density at radius 1 is 0.960 bits per heavy atom. The molecule has 0 radical (unpaired) electrons. The van der Waals surface area contributed by atoms with E-state index in [1.54, 1.807) is 27.7 Å². The first kappa shape index (κ1) is 19.0. The lowest BCUT2D eigenvalue weighted by atomic mass is 10.1. The van der Waals surface area contributed by atoms with Crippen LogP contribution in [-0.4, -0.2) is 13.7 Å². The van der Waals surface area contributed by atoms with Crippen molar-refractivity contribution in [3.05, 3.63) is 67.3 Å². The molecule has 0 aliphatic carbocycles. The Morgan fingerprint density at radius 2 is 1.56 bits per heavy atom. The molecule has 1 aromatic heterocycles. The monoisotopic (exact) mass is 345 g/mol. The van der Waals surface area contributed by atoms with E-state index in [4.69, 9.17) is 0 Å². The predicted molar refractivity (Wildman–Crippen MR) is 99.4 cm³/mol. The fourth-order valence-corrected chi connectivity index (χ4v) is 2.97. The van der Waals surface area contributed by atoms with Gasteiger partial charge in [-0.15, -0.1) is 0 Å². The van der Waals surface area contributed by atoms with E-state index in [1.165, 1.54) is 9.13 Å². The molecule has 0 spiro atoms. The molecular formula is C19H27N3O3. The zero-order valence-corrected chi connectivity index (χ0v) is 15.7. The fraction of sp³-hybridized carbons (Fsp3) is 0.526. The van der Waals surface area contributed by atoms with Crippen molar-refractivity contribution in [1.82, 2.24) is 13.7 Å². The number of rotatable bonds is 5. The lowest BCUT2D eigenvalue weighted by molar-refractivity contribution is 0.306. The van der Waals surface area contributed by atoms with Gasteiger partial charge in [0.05, 0.1) is 0 Å². The van der Waals surface area contributed by atoms with Gasteiger partial charge in [-0.05, 0) is 53.0 Å². The largest absolute Gasteiger partial charge is 0.337 e. The van der Waals surface area contributed by atoms with Crippen LogP contribution in [0.5, 0.6) is 0 Å². The second-order valence-electron chi connectivity index (χ2n) is 7.34. The molecule has 0 amide bonds. The highest BCUT2D eigenvalue weighted by Gasteiger charge is 2.25. The Bertz CT molecular complexity index is 899. The first-order valence-corrected chi connectivity index (χ1v) is 8.71. The minimum Gasteiger partial charge on any atom is -0.247 e. The normalized spacial score (nSPS) is 13.0. The van der Waals surface area contributed by atoms with E-state index in [9.17, 15) is 14.4 Å². The van der Waals surface area contributed by atoms with Crippen LogP contribution < -0.4 is 17.1 Å². The Hall–Kier alpha value is -2.37. The topological polar surface area (TPSA) is 66.0 Å². The van der Waals surface area contributed by atoms with Crippen molar-refractivity contribution >= 4 is 0 Å². The molecular weight excluding hydrogens is 318 g/mol. The molecule has 25 heavy (non-hydrogen) atoms.